The minimum Gasteiger partial charge on any atom is -0.349 e. The minimum atomic E-state index is -1.12. The summed E-state index contributed by atoms with van der Waals surface area (Å²) in [6.07, 6.45) is 0.833. The number of nitrogens with one attached hydrogen (secondary N) is 1. The van der Waals surface area contributed by atoms with Crippen molar-refractivity contribution in [2.24, 2.45) is 5.41 Å². The van der Waals surface area contributed by atoms with Crippen LogP contribution in [0.2, 0.25) is 0 Å². The summed E-state index contributed by atoms with van der Waals surface area (Å²) in [7, 11) is 0. The van der Waals surface area contributed by atoms with Gasteiger partial charge in [-0.25, -0.2) is 0 Å². The minimum absolute atomic E-state index is 0.147. The van der Waals surface area contributed by atoms with Gasteiger partial charge >= 0.3 is 0 Å². The molecule has 3 rings (SSSR count). The maximum Gasteiger partial charge on any atom is 0.242 e. The van der Waals surface area contributed by atoms with E-state index in [1.54, 1.807) is 18.7 Å². The van der Waals surface area contributed by atoms with Crippen LogP contribution >= 0.6 is 0 Å². The smallest absolute Gasteiger partial charge is 0.242 e. The first kappa shape index (κ1) is 17.2. The lowest BCUT2D eigenvalue weighted by molar-refractivity contribution is -0.140. The first-order valence-corrected chi connectivity index (χ1v) is 8.67. The fourth-order valence-corrected chi connectivity index (χ4v) is 3.19. The Morgan fingerprint density at radius 1 is 1.04 bits per heavy atom. The van der Waals surface area contributed by atoms with Crippen LogP contribution < -0.4 is 10.2 Å². The van der Waals surface area contributed by atoms with Gasteiger partial charge in [0.1, 0.15) is 5.41 Å². The molecule has 1 aliphatic rings. The van der Waals surface area contributed by atoms with Gasteiger partial charge in [-0.3, -0.25) is 9.59 Å². The van der Waals surface area contributed by atoms with Gasteiger partial charge in [-0.05, 0) is 44.4 Å². The van der Waals surface area contributed by atoms with Crippen LogP contribution in [0.15, 0.2) is 54.6 Å². The molecule has 1 atom stereocenters. The van der Waals surface area contributed by atoms with E-state index in [-0.39, 0.29) is 17.9 Å². The number of carbonyl (C=O) groups is 2. The highest BCUT2D eigenvalue weighted by atomic mass is 16.2. The molecule has 1 unspecified atom stereocenters. The van der Waals surface area contributed by atoms with Crippen LogP contribution in [0.25, 0.3) is 0 Å². The lowest BCUT2D eigenvalue weighted by atomic mass is 9.89. The van der Waals surface area contributed by atoms with E-state index >= 15 is 0 Å². The molecule has 0 aliphatic carbocycles. The zero-order valence-corrected chi connectivity index (χ0v) is 15.0. The molecule has 0 radical (unpaired) electrons. The largest absolute Gasteiger partial charge is 0.349 e. The molecule has 0 saturated heterocycles. The van der Waals surface area contributed by atoms with Crippen molar-refractivity contribution in [1.29, 1.82) is 0 Å². The van der Waals surface area contributed by atoms with Crippen molar-refractivity contribution in [2.45, 2.75) is 33.2 Å². The number of hydrogen-bond donors (Lipinski definition) is 1. The lowest BCUT2D eigenvalue weighted by Gasteiger charge is -2.30. The first-order valence-electron chi connectivity index (χ1n) is 8.67. The molecule has 130 valence electrons. The molecule has 0 spiro atoms. The molecule has 2 amide bonds. The first-order chi connectivity index (χ1) is 11.9. The van der Waals surface area contributed by atoms with Crippen LogP contribution in [0.1, 0.15) is 37.9 Å². The van der Waals surface area contributed by atoms with Gasteiger partial charge in [0.15, 0.2) is 0 Å². The summed E-state index contributed by atoms with van der Waals surface area (Å²) in [6.45, 7) is 5.95. The van der Waals surface area contributed by atoms with E-state index in [2.05, 4.69) is 5.32 Å². The normalized spacial score (nSPS) is 14.8. The third-order valence-corrected chi connectivity index (χ3v) is 4.88. The fraction of sp³-hybridized carbons (Fsp3) is 0.333. The molecule has 4 nitrogen and oxygen atoms in total. The Bertz CT molecular complexity index is 783. The standard InChI is InChI=1S/C21H24N2O2/c1-15(16-9-5-4-6-10-16)22-19(24)21(2,3)20(25)23-14-13-17-11-7-8-12-18(17)23/h4-12,15H,13-14H2,1-3H3,(H,22,24). The molecule has 0 saturated carbocycles. The number of benzene rings is 2. The van der Waals surface area contributed by atoms with E-state index in [0.29, 0.717) is 6.54 Å². The second-order valence-corrected chi connectivity index (χ2v) is 7.07. The van der Waals surface area contributed by atoms with Crippen LogP contribution in [0, 0.1) is 5.41 Å². The van der Waals surface area contributed by atoms with Gasteiger partial charge in [0.25, 0.3) is 0 Å². The van der Waals surface area contributed by atoms with Crippen molar-refractivity contribution in [2.75, 3.05) is 11.4 Å². The molecule has 0 aromatic heterocycles. The van der Waals surface area contributed by atoms with E-state index in [1.807, 2.05) is 61.5 Å². The van der Waals surface area contributed by atoms with E-state index in [9.17, 15) is 9.59 Å². The average Bonchev–Trinajstić information content (AvgIpc) is 3.05. The second kappa shape index (κ2) is 6.71. The molecule has 1 aliphatic heterocycles. The summed E-state index contributed by atoms with van der Waals surface area (Å²) >= 11 is 0. The molecular formula is C21H24N2O2. The molecule has 0 fully saturated rings. The number of nitrogens with zero attached hydrogens (tertiary/aromatic N) is 1. The molecule has 2 aromatic rings. The molecule has 25 heavy (non-hydrogen) atoms. The van der Waals surface area contributed by atoms with E-state index in [1.165, 1.54) is 0 Å². The molecular weight excluding hydrogens is 312 g/mol. The Morgan fingerprint density at radius 2 is 1.68 bits per heavy atom. The van der Waals surface area contributed by atoms with Gasteiger partial charge in [0, 0.05) is 12.2 Å². The lowest BCUT2D eigenvalue weighted by Crippen LogP contribution is -2.49. The number of hydrogen-bond acceptors (Lipinski definition) is 2. The van der Waals surface area contributed by atoms with Crippen molar-refractivity contribution in [3.05, 3.63) is 65.7 Å². The Kier molecular flexibility index (Phi) is 4.62. The number of rotatable bonds is 4. The Balaban J connectivity index is 1.74. The highest BCUT2D eigenvalue weighted by molar-refractivity contribution is 6.11. The van der Waals surface area contributed by atoms with Crippen molar-refractivity contribution >= 4 is 17.5 Å². The molecule has 0 bridgehead atoms. The molecule has 4 heteroatoms. The fourth-order valence-electron chi connectivity index (χ4n) is 3.19. The van der Waals surface area contributed by atoms with Crippen molar-refractivity contribution in [1.82, 2.24) is 5.32 Å². The van der Waals surface area contributed by atoms with Crippen molar-refractivity contribution in [3.8, 4) is 0 Å². The van der Waals surface area contributed by atoms with Crippen LogP contribution in [0.5, 0.6) is 0 Å². The summed E-state index contributed by atoms with van der Waals surface area (Å²) in [5.41, 5.74) is 1.97. The van der Waals surface area contributed by atoms with Crippen molar-refractivity contribution in [3.63, 3.8) is 0 Å². The highest BCUT2D eigenvalue weighted by Gasteiger charge is 2.41. The molecule has 1 heterocycles. The third-order valence-electron chi connectivity index (χ3n) is 4.88. The number of fused-ring (bicyclic) bond motifs is 1. The van der Waals surface area contributed by atoms with Gasteiger partial charge in [-0.15, -0.1) is 0 Å². The highest BCUT2D eigenvalue weighted by Crippen LogP contribution is 2.32. The maximum atomic E-state index is 13.1. The van der Waals surface area contributed by atoms with Gasteiger partial charge in [-0.2, -0.15) is 0 Å². The summed E-state index contributed by atoms with van der Waals surface area (Å²) < 4.78 is 0. The SMILES string of the molecule is CC(NC(=O)C(C)(C)C(=O)N1CCc2ccccc21)c1ccccc1. The summed E-state index contributed by atoms with van der Waals surface area (Å²) in [5, 5.41) is 2.98. The second-order valence-electron chi connectivity index (χ2n) is 7.07. The van der Waals surface area contributed by atoms with Crippen molar-refractivity contribution < 1.29 is 9.59 Å². The summed E-state index contributed by atoms with van der Waals surface area (Å²) in [4.78, 5) is 27.6. The third kappa shape index (κ3) is 3.29. The maximum absolute atomic E-state index is 13.1. The molecule has 1 N–H and O–H groups in total. The number of amides is 2. The quantitative estimate of drug-likeness (QED) is 0.869. The van der Waals surface area contributed by atoms with E-state index < -0.39 is 5.41 Å². The molecule has 2 aromatic carbocycles. The number of anilines is 1. The van der Waals surface area contributed by atoms with Gasteiger partial charge in [-0.1, -0.05) is 48.5 Å². The predicted molar refractivity (Wildman–Crippen MR) is 99.3 cm³/mol. The van der Waals surface area contributed by atoms with Gasteiger partial charge in [0.05, 0.1) is 6.04 Å². The van der Waals surface area contributed by atoms with Gasteiger partial charge < -0.3 is 10.2 Å². The predicted octanol–water partition coefficient (Wildman–Crippen LogP) is 3.48. The monoisotopic (exact) mass is 336 g/mol. The average molecular weight is 336 g/mol. The van der Waals surface area contributed by atoms with Crippen LogP contribution in [0.3, 0.4) is 0 Å². The summed E-state index contributed by atoms with van der Waals surface area (Å²) in [5.74, 6) is -0.409. The number of carbonyl (C=O) groups excluding carboxylic acids is 2. The Labute approximate surface area is 148 Å². The van der Waals surface area contributed by atoms with Crippen LogP contribution in [0.4, 0.5) is 5.69 Å². The number of para-hydroxylation sites is 1. The summed E-state index contributed by atoms with van der Waals surface area (Å²) in [6, 6.07) is 17.5. The van der Waals surface area contributed by atoms with Crippen LogP contribution in [-0.4, -0.2) is 18.4 Å². The Morgan fingerprint density at radius 3 is 2.40 bits per heavy atom. The Hall–Kier alpha value is -2.62. The zero-order valence-electron chi connectivity index (χ0n) is 15.0. The van der Waals surface area contributed by atoms with E-state index in [4.69, 9.17) is 0 Å². The van der Waals surface area contributed by atoms with Gasteiger partial charge in [0.2, 0.25) is 11.8 Å². The van der Waals surface area contributed by atoms with E-state index in [0.717, 1.165) is 23.2 Å². The zero-order chi connectivity index (χ0) is 18.0. The van der Waals surface area contributed by atoms with Crippen LogP contribution in [-0.2, 0) is 16.0 Å². The topological polar surface area (TPSA) is 49.4 Å².